The van der Waals surface area contributed by atoms with Gasteiger partial charge in [0.25, 0.3) is 5.91 Å². The summed E-state index contributed by atoms with van der Waals surface area (Å²) in [5.41, 5.74) is 0.847. The zero-order valence-corrected chi connectivity index (χ0v) is 26.7. The monoisotopic (exact) mass is 659 g/mol. The van der Waals surface area contributed by atoms with Crippen LogP contribution < -0.4 is 10.1 Å². The van der Waals surface area contributed by atoms with E-state index in [0.717, 1.165) is 41.9 Å². The number of alkyl halides is 1. The highest BCUT2D eigenvalue weighted by Gasteiger charge is 2.48. The zero-order valence-electron chi connectivity index (χ0n) is 25.0. The number of likely N-dealkylation sites (tertiary alicyclic amines) is 1. The van der Waals surface area contributed by atoms with Crippen molar-refractivity contribution < 1.29 is 38.2 Å². The van der Waals surface area contributed by atoms with E-state index < -0.39 is 31.8 Å². The molecular formula is C31H37FN4O7PS+. The van der Waals surface area contributed by atoms with Gasteiger partial charge in [-0.25, -0.2) is 0 Å². The Morgan fingerprint density at radius 2 is 1.89 bits per heavy atom. The van der Waals surface area contributed by atoms with Crippen LogP contribution in [-0.2, 0) is 9.59 Å². The summed E-state index contributed by atoms with van der Waals surface area (Å²) in [6.45, 7) is 3.11. The van der Waals surface area contributed by atoms with E-state index in [4.69, 9.17) is 4.74 Å². The van der Waals surface area contributed by atoms with Crippen molar-refractivity contribution in [3.63, 3.8) is 0 Å². The fourth-order valence-electron chi connectivity index (χ4n) is 6.84. The van der Waals surface area contributed by atoms with Gasteiger partial charge >= 0.3 is 13.9 Å². The lowest BCUT2D eigenvalue weighted by molar-refractivity contribution is -0.150. The second-order valence-electron chi connectivity index (χ2n) is 12.4. The Balaban J connectivity index is 1.17. The fraction of sp³-hybridized carbons (Fsp3) is 0.484. The van der Waals surface area contributed by atoms with Crippen LogP contribution in [0.25, 0.3) is 10.1 Å². The smallest absolute Gasteiger partial charge is 0.444 e. The van der Waals surface area contributed by atoms with Crippen molar-refractivity contribution in [2.75, 3.05) is 20.2 Å². The van der Waals surface area contributed by atoms with Gasteiger partial charge in [0.05, 0.1) is 12.0 Å². The van der Waals surface area contributed by atoms with Gasteiger partial charge in [-0.15, -0.1) is 11.3 Å². The number of nitrogens with zero attached hydrogens (tertiary/aromatic N) is 3. The number of methoxy groups -OCH3 is 1. The van der Waals surface area contributed by atoms with E-state index >= 15 is 0 Å². The molecule has 5 heterocycles. The molecule has 3 aliphatic rings. The Bertz CT molecular complexity index is 1610. The molecule has 2 aromatic heterocycles. The Hall–Kier alpha value is -3.22. The molecule has 0 spiro atoms. The third kappa shape index (κ3) is 6.29. The minimum atomic E-state index is -4.73. The standard InChI is InChI=1S/C31H36FN4O7PS/c1-17-3-5-21-6-7-24(31(39)35-15-20(16-35)22-14-33-10-9-25(22)43-2)36(21)30(38)23(11-17)34-29(37)27-13-19-12-18(4-8-26(19)45-27)28(32)44(40,41)42/h4,8-10,12-14,17,20-21,23-24,28,40-42H,3,5-7,11,15-16H2,1-2H3/p+1/t17?,21-,23-,24-,28?/m0/s1. The Morgan fingerprint density at radius 1 is 1.13 bits per heavy atom. The molecule has 2 unspecified atom stereocenters. The van der Waals surface area contributed by atoms with E-state index in [2.05, 4.69) is 17.2 Å². The SMILES string of the molecule is COc1ccncc1C1CN(C(=O)[C@@H]2CC[C@@H]3CCC(C)C[C@H](NC(=O)c4cc5cc(C(F)[P+](O)(O)O)ccc5s4)C(=O)N32)C1. The molecule has 3 fully saturated rings. The van der Waals surface area contributed by atoms with Crippen molar-refractivity contribution in [2.45, 2.75) is 69.0 Å². The van der Waals surface area contributed by atoms with Crippen LogP contribution in [0.1, 0.15) is 71.7 Å². The summed E-state index contributed by atoms with van der Waals surface area (Å²) in [5.74, 6) is -2.09. The average Bonchev–Trinajstić information content (AvgIpc) is 3.61. The molecule has 0 radical (unpaired) electrons. The first-order chi connectivity index (χ1) is 21.4. The number of thiophene rings is 1. The van der Waals surface area contributed by atoms with Gasteiger partial charge in [0.2, 0.25) is 11.8 Å². The maximum atomic E-state index is 14.3. The molecule has 11 nitrogen and oxygen atoms in total. The van der Waals surface area contributed by atoms with Gasteiger partial charge < -0.3 is 19.9 Å². The van der Waals surface area contributed by atoms with Gasteiger partial charge in [-0.05, 0) is 67.7 Å². The second kappa shape index (κ2) is 12.5. The molecule has 4 N–H and O–H groups in total. The molecule has 6 rings (SSSR count). The molecule has 240 valence electrons. The molecule has 5 atom stereocenters. The minimum absolute atomic E-state index is 0.0694. The Kier molecular flexibility index (Phi) is 8.84. The van der Waals surface area contributed by atoms with Crippen LogP contribution in [0.3, 0.4) is 0 Å². The van der Waals surface area contributed by atoms with Gasteiger partial charge in [-0.3, -0.25) is 19.4 Å². The van der Waals surface area contributed by atoms with E-state index in [1.54, 1.807) is 47.5 Å². The highest BCUT2D eigenvalue weighted by atomic mass is 32.1. The Morgan fingerprint density at radius 3 is 2.62 bits per heavy atom. The molecule has 0 bridgehead atoms. The number of rotatable bonds is 7. The highest BCUT2D eigenvalue weighted by molar-refractivity contribution is 7.58. The number of carbonyl (C=O) groups is 3. The molecule has 0 aliphatic carbocycles. The molecule has 45 heavy (non-hydrogen) atoms. The van der Waals surface area contributed by atoms with Gasteiger partial charge in [-0.2, -0.15) is 19.1 Å². The lowest BCUT2D eigenvalue weighted by atomic mass is 9.90. The average molecular weight is 660 g/mol. The summed E-state index contributed by atoms with van der Waals surface area (Å²) < 4.78 is 20.5. The van der Waals surface area contributed by atoms with Crippen LogP contribution in [0, 0.1) is 5.92 Å². The minimum Gasteiger partial charge on any atom is -0.496 e. The number of benzene rings is 1. The second-order valence-corrected chi connectivity index (χ2v) is 15.1. The maximum Gasteiger partial charge on any atom is 0.444 e. The topological polar surface area (TPSA) is 153 Å². The van der Waals surface area contributed by atoms with Gasteiger partial charge in [0, 0.05) is 53.3 Å². The third-order valence-corrected chi connectivity index (χ3v) is 11.3. The largest absolute Gasteiger partial charge is 0.496 e. The number of carbonyl (C=O) groups excluding carboxylic acids is 3. The number of aromatic nitrogens is 1. The lowest BCUT2D eigenvalue weighted by Gasteiger charge is -2.43. The van der Waals surface area contributed by atoms with Crippen LogP contribution >= 0.6 is 19.3 Å². The molecule has 3 saturated heterocycles. The van der Waals surface area contributed by atoms with E-state index in [9.17, 15) is 33.5 Å². The van der Waals surface area contributed by atoms with Crippen molar-refractivity contribution in [3.05, 3.63) is 58.7 Å². The normalized spacial score (nSPS) is 24.9. The first-order valence-electron chi connectivity index (χ1n) is 15.1. The van der Waals surface area contributed by atoms with Crippen molar-refractivity contribution in [1.82, 2.24) is 20.1 Å². The number of hydrogen-bond donors (Lipinski definition) is 4. The first-order valence-corrected chi connectivity index (χ1v) is 17.6. The molecule has 3 aliphatic heterocycles. The summed E-state index contributed by atoms with van der Waals surface area (Å²) in [4.78, 5) is 77.3. The number of hydrogen-bond acceptors (Lipinski definition) is 9. The van der Waals surface area contributed by atoms with Crippen molar-refractivity contribution >= 4 is 47.1 Å². The predicted molar refractivity (Wildman–Crippen MR) is 167 cm³/mol. The number of ether oxygens (including phenoxy) is 1. The van der Waals surface area contributed by atoms with Crippen molar-refractivity contribution in [2.24, 2.45) is 5.92 Å². The van der Waals surface area contributed by atoms with Crippen LogP contribution in [0.15, 0.2) is 42.7 Å². The molecule has 3 aromatic rings. The molecule has 3 amide bonds. The van der Waals surface area contributed by atoms with Gasteiger partial charge in [-0.1, -0.05) is 13.0 Å². The number of nitrogens with one attached hydrogen (secondary N) is 1. The number of amides is 3. The molecule has 14 heteroatoms. The maximum absolute atomic E-state index is 14.3. The van der Waals surface area contributed by atoms with Crippen LogP contribution in [0.2, 0.25) is 0 Å². The third-order valence-electron chi connectivity index (χ3n) is 9.28. The molecule has 0 saturated carbocycles. The highest BCUT2D eigenvalue weighted by Crippen LogP contribution is 2.60. The number of fused-ring (bicyclic) bond motifs is 2. The van der Waals surface area contributed by atoms with Crippen molar-refractivity contribution in [3.8, 4) is 5.75 Å². The quantitative estimate of drug-likeness (QED) is 0.279. The van der Waals surface area contributed by atoms with Gasteiger partial charge in [0.15, 0.2) is 0 Å². The molecule has 1 aromatic carbocycles. The fourth-order valence-corrected chi connectivity index (χ4v) is 8.35. The van der Waals surface area contributed by atoms with Crippen LogP contribution in [0.4, 0.5) is 4.39 Å². The van der Waals surface area contributed by atoms with E-state index in [1.807, 2.05) is 0 Å². The first kappa shape index (κ1) is 31.7. The van der Waals surface area contributed by atoms with Crippen LogP contribution in [0.5, 0.6) is 5.75 Å². The lowest BCUT2D eigenvalue weighted by Crippen LogP contribution is -2.60. The Labute approximate surface area is 264 Å². The van der Waals surface area contributed by atoms with Gasteiger partial charge in [0.1, 0.15) is 17.8 Å². The summed E-state index contributed by atoms with van der Waals surface area (Å²) in [6.07, 6.45) is 6.86. The summed E-state index contributed by atoms with van der Waals surface area (Å²) in [5, 5.41) is 3.42. The molecular weight excluding hydrogens is 622 g/mol. The van der Waals surface area contributed by atoms with Crippen molar-refractivity contribution in [1.29, 1.82) is 0 Å². The number of halogens is 1. The summed E-state index contributed by atoms with van der Waals surface area (Å²) in [6, 6.07) is 6.14. The van der Waals surface area contributed by atoms with E-state index in [0.29, 0.717) is 40.9 Å². The van der Waals surface area contributed by atoms with E-state index in [1.165, 1.54) is 12.1 Å². The number of pyridine rings is 1. The summed E-state index contributed by atoms with van der Waals surface area (Å²) in [7, 11) is -3.12. The van der Waals surface area contributed by atoms with E-state index in [-0.39, 0.29) is 35.3 Å². The predicted octanol–water partition coefficient (Wildman–Crippen LogP) is 3.92. The zero-order chi connectivity index (χ0) is 32.0. The van der Waals surface area contributed by atoms with Crippen LogP contribution in [-0.4, -0.2) is 85.5 Å². The summed E-state index contributed by atoms with van der Waals surface area (Å²) >= 11 is 1.16.